The van der Waals surface area contributed by atoms with Crippen LogP contribution in [0.15, 0.2) is 24.3 Å². The quantitative estimate of drug-likeness (QED) is 0.773. The summed E-state index contributed by atoms with van der Waals surface area (Å²) in [4.78, 5) is 4.85. The molecule has 2 aliphatic carbocycles. The first kappa shape index (κ1) is 11.3. The van der Waals surface area contributed by atoms with E-state index in [0.717, 1.165) is 29.4 Å². The molecule has 19 heavy (non-hydrogen) atoms. The first-order chi connectivity index (χ1) is 9.27. The molecule has 1 fully saturated rings. The van der Waals surface area contributed by atoms with Crippen molar-refractivity contribution in [2.45, 2.75) is 44.9 Å². The molecular formula is C17H20N2. The zero-order valence-electron chi connectivity index (χ0n) is 11.3. The maximum atomic E-state index is 6.45. The summed E-state index contributed by atoms with van der Waals surface area (Å²) in [7, 11) is 0. The van der Waals surface area contributed by atoms with Crippen LogP contribution in [0.3, 0.4) is 0 Å². The number of rotatable bonds is 0. The van der Waals surface area contributed by atoms with Gasteiger partial charge in [0.05, 0.1) is 5.52 Å². The van der Waals surface area contributed by atoms with Gasteiger partial charge in [-0.15, -0.1) is 0 Å². The van der Waals surface area contributed by atoms with Crippen LogP contribution in [0.5, 0.6) is 0 Å². The van der Waals surface area contributed by atoms with Gasteiger partial charge in [-0.1, -0.05) is 31.0 Å². The minimum absolute atomic E-state index is 0.547. The van der Waals surface area contributed by atoms with E-state index in [0.29, 0.717) is 5.41 Å². The summed E-state index contributed by atoms with van der Waals surface area (Å²) in [5.41, 5.74) is 11.7. The van der Waals surface area contributed by atoms with Crippen molar-refractivity contribution in [3.8, 4) is 0 Å². The molecule has 1 aromatic carbocycles. The molecule has 1 aromatic heterocycles. The fourth-order valence-corrected chi connectivity index (χ4v) is 4.13. The zero-order valence-corrected chi connectivity index (χ0v) is 11.3. The number of hydrogen-bond donors (Lipinski definition) is 1. The van der Waals surface area contributed by atoms with E-state index in [1.165, 1.54) is 43.4 Å². The van der Waals surface area contributed by atoms with Crippen molar-refractivity contribution in [2.75, 3.05) is 5.73 Å². The van der Waals surface area contributed by atoms with Gasteiger partial charge in [0.1, 0.15) is 0 Å². The molecule has 2 nitrogen and oxygen atoms in total. The van der Waals surface area contributed by atoms with Gasteiger partial charge in [0.2, 0.25) is 0 Å². The maximum Gasteiger partial charge on any atom is 0.0726 e. The Balaban J connectivity index is 1.88. The summed E-state index contributed by atoms with van der Waals surface area (Å²) >= 11 is 0. The van der Waals surface area contributed by atoms with Gasteiger partial charge in [0.15, 0.2) is 0 Å². The summed E-state index contributed by atoms with van der Waals surface area (Å²) in [5.74, 6) is 0. The third kappa shape index (κ3) is 1.66. The van der Waals surface area contributed by atoms with Crippen molar-refractivity contribution >= 4 is 16.6 Å². The van der Waals surface area contributed by atoms with Gasteiger partial charge >= 0.3 is 0 Å². The van der Waals surface area contributed by atoms with E-state index in [1.54, 1.807) is 0 Å². The Labute approximate surface area is 114 Å². The molecule has 1 heterocycles. The number of nitrogen functional groups attached to an aromatic ring is 1. The van der Waals surface area contributed by atoms with Gasteiger partial charge in [-0.3, -0.25) is 4.98 Å². The first-order valence-corrected chi connectivity index (χ1v) is 7.43. The van der Waals surface area contributed by atoms with Crippen LogP contribution < -0.4 is 5.73 Å². The largest absolute Gasteiger partial charge is 0.398 e. The molecular weight excluding hydrogens is 232 g/mol. The number of aryl methyl sites for hydroxylation is 1. The summed E-state index contributed by atoms with van der Waals surface area (Å²) in [5, 5.41) is 1.14. The van der Waals surface area contributed by atoms with Crippen LogP contribution in [0.4, 0.5) is 5.69 Å². The Bertz CT molecular complexity index is 639. The predicted octanol–water partition coefficient (Wildman–Crippen LogP) is 3.87. The fourth-order valence-electron chi connectivity index (χ4n) is 4.13. The molecule has 98 valence electrons. The molecule has 4 rings (SSSR count). The predicted molar refractivity (Wildman–Crippen MR) is 79.1 cm³/mol. The third-order valence-electron chi connectivity index (χ3n) is 5.23. The fraction of sp³-hybridized carbons (Fsp3) is 0.471. The molecule has 0 unspecified atom stereocenters. The van der Waals surface area contributed by atoms with Gasteiger partial charge in [-0.25, -0.2) is 0 Å². The van der Waals surface area contributed by atoms with Crippen LogP contribution >= 0.6 is 0 Å². The minimum Gasteiger partial charge on any atom is -0.398 e. The SMILES string of the molecule is Nc1c2c(nc3ccccc13)CCC1(CCCC1)C2. The standard InChI is InChI=1S/C17H20N2/c18-16-12-5-1-2-6-14(12)19-15-7-10-17(11-13(15)16)8-3-4-9-17/h1-2,5-6H,3-4,7-11H2,(H2,18,19). The molecule has 0 saturated heterocycles. The van der Waals surface area contributed by atoms with E-state index in [-0.39, 0.29) is 0 Å². The van der Waals surface area contributed by atoms with Crippen LogP contribution in [0.1, 0.15) is 43.4 Å². The van der Waals surface area contributed by atoms with Gasteiger partial charge in [-0.05, 0) is 49.1 Å². The van der Waals surface area contributed by atoms with Crippen molar-refractivity contribution < 1.29 is 0 Å². The summed E-state index contributed by atoms with van der Waals surface area (Å²) in [6.07, 6.45) is 9.16. The molecule has 0 radical (unpaired) electrons. The lowest BCUT2D eigenvalue weighted by molar-refractivity contribution is 0.253. The highest BCUT2D eigenvalue weighted by Gasteiger charge is 2.38. The monoisotopic (exact) mass is 252 g/mol. The van der Waals surface area contributed by atoms with Crippen LogP contribution in [-0.4, -0.2) is 4.98 Å². The molecule has 0 aliphatic heterocycles. The smallest absolute Gasteiger partial charge is 0.0726 e. The molecule has 2 aromatic rings. The molecule has 0 amide bonds. The molecule has 1 saturated carbocycles. The van der Waals surface area contributed by atoms with Crippen molar-refractivity contribution in [3.63, 3.8) is 0 Å². The van der Waals surface area contributed by atoms with Crippen LogP contribution in [-0.2, 0) is 12.8 Å². The number of para-hydroxylation sites is 1. The Morgan fingerprint density at radius 1 is 1.05 bits per heavy atom. The number of anilines is 1. The summed E-state index contributed by atoms with van der Waals surface area (Å²) in [6, 6.07) is 8.28. The van der Waals surface area contributed by atoms with Gasteiger partial charge < -0.3 is 5.73 Å². The van der Waals surface area contributed by atoms with Crippen LogP contribution in [0.2, 0.25) is 0 Å². The van der Waals surface area contributed by atoms with Crippen molar-refractivity contribution in [3.05, 3.63) is 35.5 Å². The highest BCUT2D eigenvalue weighted by atomic mass is 14.7. The highest BCUT2D eigenvalue weighted by molar-refractivity contribution is 5.92. The Hall–Kier alpha value is -1.57. The Morgan fingerprint density at radius 3 is 2.68 bits per heavy atom. The van der Waals surface area contributed by atoms with Crippen LogP contribution in [0.25, 0.3) is 10.9 Å². The van der Waals surface area contributed by atoms with Gasteiger partial charge in [-0.2, -0.15) is 0 Å². The second kappa shape index (κ2) is 3.96. The average Bonchev–Trinajstić information content (AvgIpc) is 2.89. The highest BCUT2D eigenvalue weighted by Crippen LogP contribution is 2.49. The van der Waals surface area contributed by atoms with Crippen LogP contribution in [0, 0.1) is 5.41 Å². The Kier molecular flexibility index (Phi) is 2.35. The average molecular weight is 252 g/mol. The van der Waals surface area contributed by atoms with Crippen molar-refractivity contribution in [1.82, 2.24) is 4.98 Å². The number of fused-ring (bicyclic) bond motifs is 2. The van der Waals surface area contributed by atoms with Gasteiger partial charge in [0.25, 0.3) is 0 Å². The van der Waals surface area contributed by atoms with Gasteiger partial charge in [0, 0.05) is 16.8 Å². The number of nitrogens with two attached hydrogens (primary N) is 1. The van der Waals surface area contributed by atoms with E-state index < -0.39 is 0 Å². The van der Waals surface area contributed by atoms with Crippen molar-refractivity contribution in [2.24, 2.45) is 5.41 Å². The lowest BCUT2D eigenvalue weighted by Gasteiger charge is -2.35. The number of nitrogens with zero attached hydrogens (tertiary/aromatic N) is 1. The number of aromatic nitrogens is 1. The lowest BCUT2D eigenvalue weighted by atomic mass is 9.71. The molecule has 2 heteroatoms. The molecule has 1 spiro atoms. The Morgan fingerprint density at radius 2 is 1.84 bits per heavy atom. The normalized spacial score (nSPS) is 20.8. The summed E-state index contributed by atoms with van der Waals surface area (Å²) < 4.78 is 0. The van der Waals surface area contributed by atoms with E-state index in [1.807, 2.05) is 6.07 Å². The third-order valence-corrected chi connectivity index (χ3v) is 5.23. The topological polar surface area (TPSA) is 38.9 Å². The van der Waals surface area contributed by atoms with Crippen molar-refractivity contribution in [1.29, 1.82) is 0 Å². The molecule has 0 bridgehead atoms. The number of benzene rings is 1. The zero-order chi connectivity index (χ0) is 12.9. The maximum absolute atomic E-state index is 6.45. The van der Waals surface area contributed by atoms with E-state index in [2.05, 4.69) is 18.2 Å². The molecule has 2 N–H and O–H groups in total. The molecule has 0 atom stereocenters. The second-order valence-electron chi connectivity index (χ2n) is 6.35. The van der Waals surface area contributed by atoms with E-state index in [9.17, 15) is 0 Å². The molecule has 2 aliphatic rings. The number of pyridine rings is 1. The van der Waals surface area contributed by atoms with E-state index >= 15 is 0 Å². The minimum atomic E-state index is 0.547. The first-order valence-electron chi connectivity index (χ1n) is 7.43. The lowest BCUT2D eigenvalue weighted by Crippen LogP contribution is -2.27. The number of hydrogen-bond acceptors (Lipinski definition) is 2. The van der Waals surface area contributed by atoms with E-state index in [4.69, 9.17) is 10.7 Å². The second-order valence-corrected chi connectivity index (χ2v) is 6.35. The summed E-state index contributed by atoms with van der Waals surface area (Å²) in [6.45, 7) is 0.